The zero-order valence-electron chi connectivity index (χ0n) is 15.4. The van der Waals surface area contributed by atoms with E-state index >= 15 is 0 Å². The maximum atomic E-state index is 12.9. The second-order valence-corrected chi connectivity index (χ2v) is 6.37. The number of rotatable bonds is 8. The van der Waals surface area contributed by atoms with Crippen molar-refractivity contribution >= 4 is 11.8 Å². The molecule has 1 aromatic rings. The molecule has 1 aromatic carbocycles. The Hall–Kier alpha value is -2.08. The number of hydrogen-bond acceptors (Lipinski definition) is 4. The van der Waals surface area contributed by atoms with Gasteiger partial charge in [-0.05, 0) is 32.9 Å². The number of para-hydroxylation sites is 1. The Labute approximate surface area is 149 Å². The zero-order chi connectivity index (χ0) is 18.2. The molecule has 0 aliphatic carbocycles. The van der Waals surface area contributed by atoms with Gasteiger partial charge in [-0.3, -0.25) is 9.59 Å². The van der Waals surface area contributed by atoms with Crippen molar-refractivity contribution in [1.29, 1.82) is 0 Å². The fourth-order valence-corrected chi connectivity index (χ4v) is 3.44. The lowest BCUT2D eigenvalue weighted by molar-refractivity contribution is -0.132. The third-order valence-electron chi connectivity index (χ3n) is 4.49. The van der Waals surface area contributed by atoms with Crippen LogP contribution in [0.25, 0.3) is 0 Å². The van der Waals surface area contributed by atoms with Crippen LogP contribution in [-0.4, -0.2) is 49.5 Å². The summed E-state index contributed by atoms with van der Waals surface area (Å²) < 4.78 is 5.68. The molecule has 6 nitrogen and oxygen atoms in total. The summed E-state index contributed by atoms with van der Waals surface area (Å²) in [5, 5.41) is 6.07. The third-order valence-corrected chi connectivity index (χ3v) is 4.49. The van der Waals surface area contributed by atoms with Crippen molar-refractivity contribution in [3.63, 3.8) is 0 Å². The standard InChI is InChI=1S/C19H29N3O3/c1-4-25-18-10-6-5-9-16(18)17(21-14(2)23)12-19(24)22-11-7-8-15(22)13-20-3/h5-6,9-10,15,17,20H,4,7-8,11-13H2,1-3H3,(H,21,23). The normalized spacial score (nSPS) is 18.0. The lowest BCUT2D eigenvalue weighted by atomic mass is 10.0. The van der Waals surface area contributed by atoms with Gasteiger partial charge in [-0.1, -0.05) is 18.2 Å². The van der Waals surface area contributed by atoms with Crippen LogP contribution in [0.1, 0.15) is 44.7 Å². The number of nitrogens with zero attached hydrogens (tertiary/aromatic N) is 1. The van der Waals surface area contributed by atoms with Gasteiger partial charge in [-0.25, -0.2) is 0 Å². The van der Waals surface area contributed by atoms with E-state index in [1.165, 1.54) is 6.92 Å². The minimum atomic E-state index is -0.386. The second kappa shape index (κ2) is 9.42. The molecule has 2 atom stereocenters. The molecule has 138 valence electrons. The van der Waals surface area contributed by atoms with E-state index in [1.54, 1.807) is 0 Å². The number of nitrogens with one attached hydrogen (secondary N) is 2. The first-order valence-electron chi connectivity index (χ1n) is 8.99. The van der Waals surface area contributed by atoms with E-state index in [0.29, 0.717) is 12.4 Å². The molecule has 2 N–H and O–H groups in total. The van der Waals surface area contributed by atoms with E-state index in [1.807, 2.05) is 43.1 Å². The molecule has 1 heterocycles. The van der Waals surface area contributed by atoms with Crippen LogP contribution in [0.15, 0.2) is 24.3 Å². The predicted molar refractivity (Wildman–Crippen MR) is 97.4 cm³/mol. The fraction of sp³-hybridized carbons (Fsp3) is 0.579. The summed E-state index contributed by atoms with van der Waals surface area (Å²) >= 11 is 0. The van der Waals surface area contributed by atoms with Gasteiger partial charge in [0.1, 0.15) is 5.75 Å². The van der Waals surface area contributed by atoms with E-state index < -0.39 is 0 Å². The highest BCUT2D eigenvalue weighted by Crippen LogP contribution is 2.29. The number of likely N-dealkylation sites (N-methyl/N-ethyl adjacent to an activating group) is 1. The first-order valence-corrected chi connectivity index (χ1v) is 8.99. The van der Waals surface area contributed by atoms with E-state index in [9.17, 15) is 9.59 Å². The molecule has 2 unspecified atom stereocenters. The van der Waals surface area contributed by atoms with Gasteiger partial charge < -0.3 is 20.3 Å². The number of carbonyl (C=O) groups is 2. The van der Waals surface area contributed by atoms with Crippen LogP contribution in [0.3, 0.4) is 0 Å². The molecule has 0 aromatic heterocycles. The van der Waals surface area contributed by atoms with Crippen LogP contribution >= 0.6 is 0 Å². The Balaban J connectivity index is 2.18. The fourth-order valence-electron chi connectivity index (χ4n) is 3.44. The van der Waals surface area contributed by atoms with Gasteiger partial charge in [-0.2, -0.15) is 0 Å². The Kier molecular flexibility index (Phi) is 7.25. The topological polar surface area (TPSA) is 70.7 Å². The minimum absolute atomic E-state index is 0.0720. The summed E-state index contributed by atoms with van der Waals surface area (Å²) in [6.45, 7) is 5.51. The van der Waals surface area contributed by atoms with Crippen molar-refractivity contribution in [1.82, 2.24) is 15.5 Å². The SMILES string of the molecule is CCOc1ccccc1C(CC(=O)N1CCCC1CNC)NC(C)=O. The first kappa shape index (κ1) is 19.2. The van der Waals surface area contributed by atoms with Gasteiger partial charge in [-0.15, -0.1) is 0 Å². The molecule has 0 bridgehead atoms. The maximum absolute atomic E-state index is 12.9. The van der Waals surface area contributed by atoms with E-state index in [-0.39, 0.29) is 30.3 Å². The van der Waals surface area contributed by atoms with Gasteiger partial charge in [0, 0.05) is 31.6 Å². The van der Waals surface area contributed by atoms with Crippen molar-refractivity contribution in [2.24, 2.45) is 0 Å². The van der Waals surface area contributed by atoms with Gasteiger partial charge >= 0.3 is 0 Å². The number of carbonyl (C=O) groups excluding carboxylic acids is 2. The molecule has 1 fully saturated rings. The van der Waals surface area contributed by atoms with Crippen molar-refractivity contribution in [2.45, 2.75) is 45.2 Å². The van der Waals surface area contributed by atoms with Crippen LogP contribution in [0.5, 0.6) is 5.75 Å². The quantitative estimate of drug-likeness (QED) is 0.753. The third kappa shape index (κ3) is 5.19. The molecular formula is C19H29N3O3. The summed E-state index contributed by atoms with van der Waals surface area (Å²) in [4.78, 5) is 26.5. The van der Waals surface area contributed by atoms with Crippen LogP contribution in [-0.2, 0) is 9.59 Å². The van der Waals surface area contributed by atoms with E-state index in [2.05, 4.69) is 10.6 Å². The molecule has 0 spiro atoms. The van der Waals surface area contributed by atoms with E-state index in [4.69, 9.17) is 4.74 Å². The van der Waals surface area contributed by atoms with Crippen molar-refractivity contribution in [3.05, 3.63) is 29.8 Å². The lowest BCUT2D eigenvalue weighted by Crippen LogP contribution is -2.42. The van der Waals surface area contributed by atoms with Crippen LogP contribution < -0.4 is 15.4 Å². The summed E-state index contributed by atoms with van der Waals surface area (Å²) in [6, 6.07) is 7.42. The number of likely N-dealkylation sites (tertiary alicyclic amines) is 1. The predicted octanol–water partition coefficient (Wildman–Crippen LogP) is 1.86. The monoisotopic (exact) mass is 347 g/mol. The Morgan fingerprint density at radius 3 is 2.80 bits per heavy atom. The summed E-state index contributed by atoms with van der Waals surface area (Å²) in [6.07, 6.45) is 2.29. The Morgan fingerprint density at radius 2 is 2.12 bits per heavy atom. The average molecular weight is 347 g/mol. The van der Waals surface area contributed by atoms with Crippen LogP contribution in [0.4, 0.5) is 0 Å². The molecule has 0 radical (unpaired) electrons. The largest absolute Gasteiger partial charge is 0.494 e. The number of amides is 2. The Morgan fingerprint density at radius 1 is 1.36 bits per heavy atom. The minimum Gasteiger partial charge on any atom is -0.494 e. The Bertz CT molecular complexity index is 591. The maximum Gasteiger partial charge on any atom is 0.225 e. The zero-order valence-corrected chi connectivity index (χ0v) is 15.4. The molecule has 2 rings (SSSR count). The molecule has 1 aliphatic rings. The number of benzene rings is 1. The van der Waals surface area contributed by atoms with Crippen molar-refractivity contribution < 1.29 is 14.3 Å². The first-order chi connectivity index (χ1) is 12.1. The van der Waals surface area contributed by atoms with Crippen LogP contribution in [0.2, 0.25) is 0 Å². The van der Waals surface area contributed by atoms with Crippen molar-refractivity contribution in [2.75, 3.05) is 26.7 Å². The van der Waals surface area contributed by atoms with Crippen LogP contribution in [0, 0.1) is 0 Å². The highest BCUT2D eigenvalue weighted by atomic mass is 16.5. The van der Waals surface area contributed by atoms with Gasteiger partial charge in [0.05, 0.1) is 19.1 Å². The summed E-state index contributed by atoms with van der Waals surface area (Å²) in [5.74, 6) is 0.629. The molecule has 1 saturated heterocycles. The number of hydrogen-bond donors (Lipinski definition) is 2. The van der Waals surface area contributed by atoms with Gasteiger partial charge in [0.25, 0.3) is 0 Å². The molecule has 1 aliphatic heterocycles. The van der Waals surface area contributed by atoms with Crippen molar-refractivity contribution in [3.8, 4) is 5.75 Å². The molecular weight excluding hydrogens is 318 g/mol. The molecule has 0 saturated carbocycles. The molecule has 2 amide bonds. The van der Waals surface area contributed by atoms with E-state index in [0.717, 1.165) is 31.5 Å². The molecule has 6 heteroatoms. The number of ether oxygens (including phenoxy) is 1. The highest BCUT2D eigenvalue weighted by molar-refractivity contribution is 5.80. The van der Waals surface area contributed by atoms with Gasteiger partial charge in [0.2, 0.25) is 11.8 Å². The molecule has 25 heavy (non-hydrogen) atoms. The lowest BCUT2D eigenvalue weighted by Gasteiger charge is -2.27. The van der Waals surface area contributed by atoms with Gasteiger partial charge in [0.15, 0.2) is 0 Å². The smallest absolute Gasteiger partial charge is 0.225 e. The second-order valence-electron chi connectivity index (χ2n) is 6.37. The summed E-state index contributed by atoms with van der Waals surface area (Å²) in [7, 11) is 1.90. The summed E-state index contributed by atoms with van der Waals surface area (Å²) in [5.41, 5.74) is 0.845. The average Bonchev–Trinajstić information content (AvgIpc) is 3.03. The highest BCUT2D eigenvalue weighted by Gasteiger charge is 2.30.